The first kappa shape index (κ1) is 15.0. The van der Waals surface area contributed by atoms with Crippen LogP contribution in [0.3, 0.4) is 0 Å². The van der Waals surface area contributed by atoms with Gasteiger partial charge in [-0.2, -0.15) is 0 Å². The molecular weight excluding hydrogens is 326 g/mol. The second-order valence-electron chi connectivity index (χ2n) is 5.32. The number of rotatable bonds is 4. The summed E-state index contributed by atoms with van der Waals surface area (Å²) in [4.78, 5) is 0. The van der Waals surface area contributed by atoms with E-state index >= 15 is 0 Å². The van der Waals surface area contributed by atoms with Crippen molar-refractivity contribution in [3.05, 3.63) is 34.3 Å². The van der Waals surface area contributed by atoms with Crippen LogP contribution in [0, 0.1) is 0 Å². The summed E-state index contributed by atoms with van der Waals surface area (Å²) in [7, 11) is -2.76. The fourth-order valence-electron chi connectivity index (χ4n) is 2.49. The Bertz CT molecular complexity index is 499. The Hall–Kier alpha value is -0.390. The lowest BCUT2D eigenvalue weighted by molar-refractivity contribution is 0.411. The Balaban J connectivity index is 1.81. The van der Waals surface area contributed by atoms with Gasteiger partial charge in [0.2, 0.25) is 0 Å². The molecule has 1 aromatic carbocycles. The Labute approximate surface area is 123 Å². The van der Waals surface area contributed by atoms with Crippen LogP contribution in [-0.2, 0) is 16.3 Å². The van der Waals surface area contributed by atoms with Crippen molar-refractivity contribution in [2.45, 2.75) is 38.3 Å². The molecule has 1 N–H and O–H groups in total. The largest absolute Gasteiger partial charge is 0.311 e. The second kappa shape index (κ2) is 6.37. The normalized spacial score (nSPS) is 21.2. The van der Waals surface area contributed by atoms with Crippen molar-refractivity contribution >= 4 is 25.8 Å². The van der Waals surface area contributed by atoms with Crippen LogP contribution in [-0.4, -0.2) is 32.0 Å². The van der Waals surface area contributed by atoms with Gasteiger partial charge in [-0.05, 0) is 43.9 Å². The van der Waals surface area contributed by atoms with E-state index in [0.717, 1.165) is 23.7 Å². The van der Waals surface area contributed by atoms with Crippen molar-refractivity contribution in [2.75, 3.05) is 11.5 Å². The van der Waals surface area contributed by atoms with Gasteiger partial charge in [0.05, 0.1) is 11.5 Å². The van der Waals surface area contributed by atoms with E-state index in [0.29, 0.717) is 23.6 Å². The van der Waals surface area contributed by atoms with Crippen molar-refractivity contribution in [2.24, 2.45) is 0 Å². The first-order valence-electron chi connectivity index (χ1n) is 6.65. The molecule has 1 aliphatic rings. The summed E-state index contributed by atoms with van der Waals surface area (Å²) in [6.07, 6.45) is 2.45. The summed E-state index contributed by atoms with van der Waals surface area (Å²) in [5, 5.41) is 3.54. The molecule has 1 aliphatic heterocycles. The van der Waals surface area contributed by atoms with Gasteiger partial charge in [0.15, 0.2) is 0 Å². The van der Waals surface area contributed by atoms with Crippen LogP contribution in [0.5, 0.6) is 0 Å². The van der Waals surface area contributed by atoms with Crippen molar-refractivity contribution in [3.63, 3.8) is 0 Å². The van der Waals surface area contributed by atoms with E-state index in [4.69, 9.17) is 0 Å². The third-order valence-corrected chi connectivity index (χ3v) is 5.77. The SMILES string of the molecule is CC(Cc1ccc(Br)cc1)NC1CCS(=O)(=O)CC1. The van der Waals surface area contributed by atoms with Crippen molar-refractivity contribution in [1.29, 1.82) is 0 Å². The van der Waals surface area contributed by atoms with Gasteiger partial charge in [0.25, 0.3) is 0 Å². The van der Waals surface area contributed by atoms with E-state index in [2.05, 4.69) is 52.4 Å². The number of hydrogen-bond acceptors (Lipinski definition) is 3. The van der Waals surface area contributed by atoms with E-state index in [-0.39, 0.29) is 0 Å². The zero-order valence-corrected chi connectivity index (χ0v) is 13.5. The average molecular weight is 346 g/mol. The summed E-state index contributed by atoms with van der Waals surface area (Å²) in [5.41, 5.74) is 1.30. The lowest BCUT2D eigenvalue weighted by Gasteiger charge is -2.26. The van der Waals surface area contributed by atoms with Crippen molar-refractivity contribution in [1.82, 2.24) is 5.32 Å². The fourth-order valence-corrected chi connectivity index (χ4v) is 4.25. The highest BCUT2D eigenvalue weighted by Crippen LogP contribution is 2.15. The van der Waals surface area contributed by atoms with Crippen LogP contribution in [0.2, 0.25) is 0 Å². The molecule has 0 amide bonds. The maximum Gasteiger partial charge on any atom is 0.150 e. The molecule has 1 fully saturated rings. The molecule has 1 atom stereocenters. The molecule has 0 bridgehead atoms. The standard InChI is InChI=1S/C14H20BrNO2S/c1-11(10-12-2-4-13(15)5-3-12)16-14-6-8-19(17,18)9-7-14/h2-5,11,14,16H,6-10H2,1H3. The summed E-state index contributed by atoms with van der Waals surface area (Å²) < 4.78 is 23.8. The third-order valence-electron chi connectivity index (χ3n) is 3.53. The first-order valence-corrected chi connectivity index (χ1v) is 9.27. The topological polar surface area (TPSA) is 46.2 Å². The van der Waals surface area contributed by atoms with Crippen LogP contribution in [0.15, 0.2) is 28.7 Å². The van der Waals surface area contributed by atoms with Gasteiger partial charge in [0, 0.05) is 16.6 Å². The molecule has 5 heteroatoms. The van der Waals surface area contributed by atoms with Gasteiger partial charge in [-0.15, -0.1) is 0 Å². The van der Waals surface area contributed by atoms with E-state index in [1.165, 1.54) is 5.56 Å². The van der Waals surface area contributed by atoms with E-state index in [1.807, 2.05) is 0 Å². The first-order chi connectivity index (χ1) is 8.94. The molecule has 1 saturated heterocycles. The molecule has 0 spiro atoms. The summed E-state index contributed by atoms with van der Waals surface area (Å²) >= 11 is 3.43. The molecular formula is C14H20BrNO2S. The van der Waals surface area contributed by atoms with Crippen molar-refractivity contribution in [3.8, 4) is 0 Å². The maximum absolute atomic E-state index is 11.4. The zero-order valence-electron chi connectivity index (χ0n) is 11.1. The highest BCUT2D eigenvalue weighted by molar-refractivity contribution is 9.10. The summed E-state index contributed by atoms with van der Waals surface area (Å²) in [5.74, 6) is 0.658. The predicted octanol–water partition coefficient (Wildman–Crippen LogP) is 2.55. The quantitative estimate of drug-likeness (QED) is 0.911. The lowest BCUT2D eigenvalue weighted by atomic mass is 10.0. The molecule has 0 aromatic heterocycles. The molecule has 106 valence electrons. The predicted molar refractivity (Wildman–Crippen MR) is 82.1 cm³/mol. The summed E-state index contributed by atoms with van der Waals surface area (Å²) in [6, 6.07) is 9.05. The molecule has 3 nitrogen and oxygen atoms in total. The zero-order chi connectivity index (χ0) is 13.9. The molecule has 19 heavy (non-hydrogen) atoms. The Morgan fingerprint density at radius 3 is 2.42 bits per heavy atom. The van der Waals surface area contributed by atoms with E-state index in [1.54, 1.807) is 0 Å². The van der Waals surface area contributed by atoms with Crippen LogP contribution >= 0.6 is 15.9 Å². The minimum absolute atomic E-state index is 0.329. The molecule has 1 unspecified atom stereocenters. The Kier molecular flexibility index (Phi) is 5.03. The van der Waals surface area contributed by atoms with Gasteiger partial charge < -0.3 is 5.32 Å². The highest BCUT2D eigenvalue weighted by atomic mass is 79.9. The van der Waals surface area contributed by atoms with Gasteiger partial charge in [-0.25, -0.2) is 8.42 Å². The van der Waals surface area contributed by atoms with E-state index in [9.17, 15) is 8.42 Å². The Morgan fingerprint density at radius 2 is 1.84 bits per heavy atom. The lowest BCUT2D eigenvalue weighted by Crippen LogP contribution is -2.42. The van der Waals surface area contributed by atoms with Gasteiger partial charge >= 0.3 is 0 Å². The van der Waals surface area contributed by atoms with Gasteiger partial charge in [-0.3, -0.25) is 0 Å². The van der Waals surface area contributed by atoms with Crippen LogP contribution < -0.4 is 5.32 Å². The minimum Gasteiger partial charge on any atom is -0.311 e. The van der Waals surface area contributed by atoms with Gasteiger partial charge in [0.1, 0.15) is 9.84 Å². The van der Waals surface area contributed by atoms with Crippen LogP contribution in [0.4, 0.5) is 0 Å². The smallest absolute Gasteiger partial charge is 0.150 e. The number of nitrogens with one attached hydrogen (secondary N) is 1. The number of halogens is 1. The minimum atomic E-state index is -2.76. The maximum atomic E-state index is 11.4. The average Bonchev–Trinajstić information content (AvgIpc) is 2.35. The van der Waals surface area contributed by atoms with Gasteiger partial charge in [-0.1, -0.05) is 28.1 Å². The molecule has 0 saturated carbocycles. The van der Waals surface area contributed by atoms with Crippen molar-refractivity contribution < 1.29 is 8.42 Å². The number of benzene rings is 1. The fraction of sp³-hybridized carbons (Fsp3) is 0.571. The van der Waals surface area contributed by atoms with E-state index < -0.39 is 9.84 Å². The third kappa shape index (κ3) is 4.89. The molecule has 1 heterocycles. The van der Waals surface area contributed by atoms with Crippen LogP contribution in [0.25, 0.3) is 0 Å². The monoisotopic (exact) mass is 345 g/mol. The molecule has 2 rings (SSSR count). The number of sulfone groups is 1. The molecule has 0 radical (unpaired) electrons. The highest BCUT2D eigenvalue weighted by Gasteiger charge is 2.24. The second-order valence-corrected chi connectivity index (χ2v) is 8.54. The molecule has 0 aliphatic carbocycles. The summed E-state index contributed by atoms with van der Waals surface area (Å²) in [6.45, 7) is 2.16. The van der Waals surface area contributed by atoms with Crippen LogP contribution in [0.1, 0.15) is 25.3 Å². The number of hydrogen-bond donors (Lipinski definition) is 1. The Morgan fingerprint density at radius 1 is 1.26 bits per heavy atom. The molecule has 1 aromatic rings.